The molecule has 2 aromatic heterocycles. The Bertz CT molecular complexity index is 1860. The second-order valence-electron chi connectivity index (χ2n) is 13.4. The van der Waals surface area contributed by atoms with Crippen LogP contribution in [0.3, 0.4) is 0 Å². The quantitative estimate of drug-likeness (QED) is 0.325. The van der Waals surface area contributed by atoms with E-state index in [0.29, 0.717) is 48.9 Å². The number of alkyl halides is 1. The van der Waals surface area contributed by atoms with Gasteiger partial charge in [-0.05, 0) is 67.1 Å². The van der Waals surface area contributed by atoms with Crippen LogP contribution in [0.1, 0.15) is 44.6 Å². The summed E-state index contributed by atoms with van der Waals surface area (Å²) in [6.45, 7) is 4.63. The van der Waals surface area contributed by atoms with E-state index in [1.54, 1.807) is 12.1 Å². The minimum Gasteiger partial charge on any atom is -0.508 e. The third-order valence-electron chi connectivity index (χ3n) is 10.8. The Balaban J connectivity index is 1.24. The number of aromatic nitrogens is 3. The molecule has 0 spiro atoms. The maximum Gasteiger partial charge on any atom is 0.319 e. The van der Waals surface area contributed by atoms with Gasteiger partial charge in [0.05, 0.1) is 11.6 Å². The number of anilines is 1. The van der Waals surface area contributed by atoms with Crippen molar-refractivity contribution < 1.29 is 23.4 Å². The van der Waals surface area contributed by atoms with Gasteiger partial charge in [0.15, 0.2) is 5.82 Å². The SMILES string of the molecule is CCc1cccc2cc(O)cc(-c3nc4c5c(nc(OC[C@@]67CCCN6C[C@H](F)C7)nc5c3F)N3C[C@@H]5CC[C@@H](N5)[C@H]3CO4)c12. The molecule has 4 saturated heterocycles. The van der Waals surface area contributed by atoms with Gasteiger partial charge in [-0.3, -0.25) is 4.90 Å². The van der Waals surface area contributed by atoms with E-state index >= 15 is 4.39 Å². The number of fused-ring (bicyclic) bond motifs is 7. The van der Waals surface area contributed by atoms with Crippen molar-refractivity contribution in [3.05, 3.63) is 41.7 Å². The largest absolute Gasteiger partial charge is 0.508 e. The van der Waals surface area contributed by atoms with Gasteiger partial charge < -0.3 is 24.8 Å². The van der Waals surface area contributed by atoms with E-state index in [1.807, 2.05) is 25.1 Å². The van der Waals surface area contributed by atoms with Gasteiger partial charge in [-0.1, -0.05) is 25.1 Å². The summed E-state index contributed by atoms with van der Waals surface area (Å²) < 4.78 is 44.3. The van der Waals surface area contributed by atoms with Gasteiger partial charge in [0.2, 0.25) is 5.88 Å². The Morgan fingerprint density at radius 1 is 1.16 bits per heavy atom. The van der Waals surface area contributed by atoms with Gasteiger partial charge in [-0.15, -0.1) is 0 Å². The molecule has 11 heteroatoms. The molecular formula is C34H36F2N6O3. The van der Waals surface area contributed by atoms with E-state index in [0.717, 1.165) is 55.0 Å². The normalized spacial score (nSPS) is 28.7. The van der Waals surface area contributed by atoms with Crippen molar-refractivity contribution in [2.45, 2.75) is 75.3 Å². The monoisotopic (exact) mass is 614 g/mol. The molecule has 0 radical (unpaired) electrons. The number of hydrogen-bond acceptors (Lipinski definition) is 9. The molecule has 0 unspecified atom stereocenters. The highest BCUT2D eigenvalue weighted by Gasteiger charge is 2.50. The molecule has 0 amide bonds. The fourth-order valence-electron chi connectivity index (χ4n) is 8.78. The standard InChI is InChI=1S/C34H36F2N6O3/c1-2-18-5-3-6-19-11-22(43)12-23(26(18)19)29-28(36)30-27-31(42-15-21-7-8-24(37-21)25(42)16-44-32(27)38-29)40-33(39-30)45-17-34-9-4-10-41(34)14-20(35)13-34/h3,5-6,11-12,20-21,24-25,37,43H,2,4,7-10,13-17H2,1H3/t20-,21+,24-,25-,34+/m1/s1. The summed E-state index contributed by atoms with van der Waals surface area (Å²) in [6, 6.07) is 9.68. The van der Waals surface area contributed by atoms with Gasteiger partial charge in [0, 0.05) is 37.2 Å². The van der Waals surface area contributed by atoms with E-state index in [-0.39, 0.29) is 47.5 Å². The number of rotatable bonds is 5. The minimum absolute atomic E-state index is 0.0187. The molecule has 5 aliphatic rings. The molecular weight excluding hydrogens is 578 g/mol. The van der Waals surface area contributed by atoms with Crippen LogP contribution in [0.2, 0.25) is 0 Å². The van der Waals surface area contributed by atoms with Gasteiger partial charge >= 0.3 is 6.01 Å². The number of aromatic hydroxyl groups is 1. The van der Waals surface area contributed by atoms with Crippen molar-refractivity contribution in [1.82, 2.24) is 25.2 Å². The van der Waals surface area contributed by atoms with Crippen LogP contribution in [0.4, 0.5) is 14.6 Å². The summed E-state index contributed by atoms with van der Waals surface area (Å²) in [7, 11) is 0. The smallest absolute Gasteiger partial charge is 0.319 e. The third-order valence-corrected chi connectivity index (χ3v) is 10.8. The van der Waals surface area contributed by atoms with E-state index in [2.05, 4.69) is 20.1 Å². The maximum atomic E-state index is 17.0. The highest BCUT2D eigenvalue weighted by atomic mass is 19.1. The van der Waals surface area contributed by atoms with Crippen molar-refractivity contribution in [2.75, 3.05) is 37.7 Å². The fourth-order valence-corrected chi connectivity index (χ4v) is 8.78. The van der Waals surface area contributed by atoms with Crippen LogP contribution in [-0.4, -0.2) is 87.6 Å². The lowest BCUT2D eigenvalue weighted by Gasteiger charge is -2.40. The molecule has 234 valence electrons. The predicted octanol–water partition coefficient (Wildman–Crippen LogP) is 4.91. The zero-order valence-electron chi connectivity index (χ0n) is 25.2. The summed E-state index contributed by atoms with van der Waals surface area (Å²) in [4.78, 5) is 18.8. The summed E-state index contributed by atoms with van der Waals surface area (Å²) in [5, 5.41) is 16.5. The van der Waals surface area contributed by atoms with Crippen molar-refractivity contribution in [3.8, 4) is 28.9 Å². The van der Waals surface area contributed by atoms with Crippen molar-refractivity contribution in [3.63, 3.8) is 0 Å². The fraction of sp³-hybridized carbons (Fsp3) is 0.500. The van der Waals surface area contributed by atoms with Crippen molar-refractivity contribution in [1.29, 1.82) is 0 Å². The molecule has 7 heterocycles. The van der Waals surface area contributed by atoms with E-state index in [9.17, 15) is 9.50 Å². The molecule has 4 aromatic rings. The second kappa shape index (κ2) is 10.1. The van der Waals surface area contributed by atoms with Crippen LogP contribution in [-0.2, 0) is 6.42 Å². The first-order chi connectivity index (χ1) is 21.9. The molecule has 9 rings (SSSR count). The number of aryl methyl sites for hydroxylation is 1. The number of piperazine rings is 1. The van der Waals surface area contributed by atoms with Crippen LogP contribution < -0.4 is 19.7 Å². The zero-order chi connectivity index (χ0) is 30.4. The average Bonchev–Trinajstić information content (AvgIpc) is 3.67. The molecule has 9 nitrogen and oxygen atoms in total. The van der Waals surface area contributed by atoms with Crippen molar-refractivity contribution >= 4 is 27.5 Å². The number of nitrogens with zero attached hydrogens (tertiary/aromatic N) is 5. The zero-order valence-corrected chi connectivity index (χ0v) is 25.2. The molecule has 0 saturated carbocycles. The maximum absolute atomic E-state index is 17.0. The summed E-state index contributed by atoms with van der Waals surface area (Å²) >= 11 is 0. The first-order valence-electron chi connectivity index (χ1n) is 16.2. The highest BCUT2D eigenvalue weighted by molar-refractivity contribution is 6.03. The highest BCUT2D eigenvalue weighted by Crippen LogP contribution is 2.45. The number of phenolic OH excluding ortho intramolecular Hbond substituents is 1. The second-order valence-corrected chi connectivity index (χ2v) is 13.4. The minimum atomic E-state index is -0.885. The Hall–Kier alpha value is -3.83. The number of ether oxygens (including phenoxy) is 2. The lowest BCUT2D eigenvalue weighted by molar-refractivity contribution is 0.107. The molecule has 5 aliphatic heterocycles. The van der Waals surface area contributed by atoms with E-state index < -0.39 is 17.5 Å². The number of pyridine rings is 1. The first-order valence-corrected chi connectivity index (χ1v) is 16.2. The molecule has 5 atom stereocenters. The number of benzene rings is 2. The van der Waals surface area contributed by atoms with Gasteiger partial charge in [0.1, 0.15) is 47.5 Å². The van der Waals surface area contributed by atoms with Crippen LogP contribution in [0.25, 0.3) is 32.9 Å². The number of phenols is 1. The lowest BCUT2D eigenvalue weighted by atomic mass is 9.95. The third kappa shape index (κ3) is 4.19. The predicted molar refractivity (Wildman–Crippen MR) is 166 cm³/mol. The number of nitrogens with one attached hydrogen (secondary N) is 1. The number of hydrogen-bond donors (Lipinski definition) is 2. The van der Waals surface area contributed by atoms with E-state index in [4.69, 9.17) is 19.4 Å². The first kappa shape index (κ1) is 27.5. The van der Waals surface area contributed by atoms with Crippen LogP contribution in [0.5, 0.6) is 17.6 Å². The summed E-state index contributed by atoms with van der Waals surface area (Å²) in [6.07, 6.45) is 4.18. The molecule has 45 heavy (non-hydrogen) atoms. The molecule has 2 N–H and O–H groups in total. The van der Waals surface area contributed by atoms with Crippen LogP contribution in [0, 0.1) is 5.82 Å². The molecule has 2 bridgehead atoms. The van der Waals surface area contributed by atoms with Crippen LogP contribution >= 0.6 is 0 Å². The van der Waals surface area contributed by atoms with Crippen molar-refractivity contribution in [2.24, 2.45) is 0 Å². The van der Waals surface area contributed by atoms with Gasteiger partial charge in [-0.25, -0.2) is 13.8 Å². The molecule has 2 aromatic carbocycles. The van der Waals surface area contributed by atoms with Gasteiger partial charge in [-0.2, -0.15) is 9.97 Å². The summed E-state index contributed by atoms with van der Waals surface area (Å²) in [5.74, 6) is 0.240. The average molecular weight is 615 g/mol. The summed E-state index contributed by atoms with van der Waals surface area (Å²) in [5.41, 5.74) is 1.24. The Morgan fingerprint density at radius 3 is 2.96 bits per heavy atom. The Morgan fingerprint density at radius 2 is 2.07 bits per heavy atom. The van der Waals surface area contributed by atoms with Crippen LogP contribution in [0.15, 0.2) is 30.3 Å². The lowest BCUT2D eigenvalue weighted by Crippen LogP contribution is -2.60. The molecule has 4 fully saturated rings. The van der Waals surface area contributed by atoms with Gasteiger partial charge in [0.25, 0.3) is 0 Å². The number of halogens is 2. The van der Waals surface area contributed by atoms with E-state index in [1.165, 1.54) is 0 Å². The Labute approximate surface area is 259 Å². The Kier molecular flexibility index (Phi) is 6.16. The molecule has 0 aliphatic carbocycles. The topological polar surface area (TPSA) is 95.9 Å².